The van der Waals surface area contributed by atoms with Crippen molar-refractivity contribution in [3.05, 3.63) is 95.3 Å². The fraction of sp³-hybridized carbons (Fsp3) is 0.389. The molecule has 244 valence electrons. The second kappa shape index (κ2) is 12.7. The lowest BCUT2D eigenvalue weighted by Gasteiger charge is -2.32. The van der Waals surface area contributed by atoms with Gasteiger partial charge in [-0.3, -0.25) is 9.72 Å². The predicted octanol–water partition coefficient (Wildman–Crippen LogP) is 6.26. The van der Waals surface area contributed by atoms with Crippen molar-refractivity contribution in [2.45, 2.75) is 70.4 Å². The maximum Gasteiger partial charge on any atom is 0.320 e. The molecule has 1 aliphatic heterocycles. The molecule has 1 saturated heterocycles. The van der Waals surface area contributed by atoms with Gasteiger partial charge in [-0.15, -0.1) is 10.2 Å². The van der Waals surface area contributed by atoms with Gasteiger partial charge in [0, 0.05) is 24.6 Å². The number of pyridine rings is 1. The Balaban J connectivity index is 1.09. The Morgan fingerprint density at radius 1 is 0.979 bits per heavy atom. The fourth-order valence-electron chi connectivity index (χ4n) is 6.50. The van der Waals surface area contributed by atoms with E-state index in [0.29, 0.717) is 17.9 Å². The second-order valence-corrected chi connectivity index (χ2v) is 13.3. The number of nitrogens with zero attached hydrogens (tertiary/aromatic N) is 6. The number of anilines is 2. The number of piperidine rings is 1. The topological polar surface area (TPSA) is 122 Å². The van der Waals surface area contributed by atoms with Crippen LogP contribution in [0.25, 0.3) is 11.3 Å². The summed E-state index contributed by atoms with van der Waals surface area (Å²) in [5, 5.41) is 29.9. The highest BCUT2D eigenvalue weighted by Crippen LogP contribution is 2.39. The molecule has 0 saturated carbocycles. The minimum absolute atomic E-state index is 0.0711. The zero-order valence-corrected chi connectivity index (χ0v) is 27.2. The number of rotatable bonds is 8. The lowest BCUT2D eigenvalue weighted by atomic mass is 9.85. The van der Waals surface area contributed by atoms with Crippen LogP contribution in [0.15, 0.2) is 72.9 Å². The van der Waals surface area contributed by atoms with Gasteiger partial charge >= 0.3 is 6.03 Å². The van der Waals surface area contributed by atoms with Gasteiger partial charge < -0.3 is 20.1 Å². The zero-order chi connectivity index (χ0) is 32.5. The first-order valence-electron chi connectivity index (χ1n) is 16.5. The molecular formula is C36H42N8O3. The van der Waals surface area contributed by atoms with Crippen molar-refractivity contribution >= 4 is 23.4 Å². The van der Waals surface area contributed by atoms with Gasteiger partial charge in [0.25, 0.3) is 0 Å². The first-order valence-corrected chi connectivity index (χ1v) is 16.5. The number of hydrogen-bond acceptors (Lipinski definition) is 7. The van der Waals surface area contributed by atoms with Gasteiger partial charge in [-0.1, -0.05) is 55.8 Å². The first-order chi connectivity index (χ1) is 22.8. The van der Waals surface area contributed by atoms with Gasteiger partial charge in [-0.25, -0.2) is 9.48 Å². The largest absolute Gasteiger partial charge is 0.484 e. The summed E-state index contributed by atoms with van der Waals surface area (Å²) in [6.07, 6.45) is 6.85. The lowest BCUT2D eigenvalue weighted by Crippen LogP contribution is -2.36. The van der Waals surface area contributed by atoms with E-state index in [0.717, 1.165) is 72.1 Å². The molecule has 1 unspecified atom stereocenters. The molecule has 2 aromatic carbocycles. The van der Waals surface area contributed by atoms with Crippen LogP contribution in [0, 0.1) is 6.92 Å². The fourth-order valence-corrected chi connectivity index (χ4v) is 6.50. The number of urea groups is 1. The molecule has 2 aliphatic rings. The summed E-state index contributed by atoms with van der Waals surface area (Å²) in [7, 11) is 0. The normalized spacial score (nSPS) is 18.2. The number of carbonyl (C=O) groups excluding carboxylic acids is 1. The molecule has 7 rings (SSSR count). The summed E-state index contributed by atoms with van der Waals surface area (Å²) in [6.45, 7) is 7.78. The standard InChI is InChI=1S/C36H42N8O3/c1-24-11-13-25(14-12-24)44-33(21-31(41-44)36(2,3)23-45)38-34(46)37-29-16-17-30(28-10-6-5-9-27(28)29)47-26-15-18-32-39-40-35(43(32)22-26)42-19-7-4-8-20-42/h5-6,9-15,18,21-22,29-30,45H,4,7-8,16-17,19-20,23H2,1-3H3,(H2,37,38,46)/t29-,30?/m0/s1. The van der Waals surface area contributed by atoms with Crippen LogP contribution >= 0.6 is 0 Å². The molecule has 0 radical (unpaired) electrons. The maximum atomic E-state index is 13.5. The van der Waals surface area contributed by atoms with Gasteiger partial charge in [0.2, 0.25) is 5.95 Å². The Kier molecular flexibility index (Phi) is 8.31. The lowest BCUT2D eigenvalue weighted by molar-refractivity contribution is 0.171. The molecule has 3 aromatic heterocycles. The Bertz CT molecular complexity index is 1870. The van der Waals surface area contributed by atoms with E-state index in [9.17, 15) is 9.90 Å². The van der Waals surface area contributed by atoms with Gasteiger partial charge in [0.15, 0.2) is 5.65 Å². The summed E-state index contributed by atoms with van der Waals surface area (Å²) >= 11 is 0. The smallest absolute Gasteiger partial charge is 0.320 e. The summed E-state index contributed by atoms with van der Waals surface area (Å²) < 4.78 is 10.4. The number of amides is 2. The Morgan fingerprint density at radius 2 is 1.74 bits per heavy atom. The molecule has 3 N–H and O–H groups in total. The van der Waals surface area contributed by atoms with Crippen LogP contribution in [-0.4, -0.2) is 55.2 Å². The first kappa shape index (κ1) is 30.7. The molecule has 4 heterocycles. The van der Waals surface area contributed by atoms with Gasteiger partial charge in [0.1, 0.15) is 17.7 Å². The van der Waals surface area contributed by atoms with E-state index in [1.54, 1.807) is 4.68 Å². The SMILES string of the molecule is Cc1ccc(-n2nc(C(C)(C)CO)cc2NC(=O)N[C@H]2CCC(Oc3ccc4nnc(N5CCCCC5)n4c3)c3ccccc32)cc1. The van der Waals surface area contributed by atoms with E-state index in [1.165, 1.54) is 6.42 Å². The van der Waals surface area contributed by atoms with E-state index >= 15 is 0 Å². The van der Waals surface area contributed by atoms with E-state index < -0.39 is 5.41 Å². The van der Waals surface area contributed by atoms with E-state index in [2.05, 4.69) is 37.9 Å². The Hall–Kier alpha value is -4.90. The molecule has 11 nitrogen and oxygen atoms in total. The third-order valence-corrected chi connectivity index (χ3v) is 9.33. The minimum Gasteiger partial charge on any atom is -0.484 e. The van der Waals surface area contributed by atoms with Crippen molar-refractivity contribution < 1.29 is 14.6 Å². The third kappa shape index (κ3) is 6.27. The number of nitrogens with one attached hydrogen (secondary N) is 2. The zero-order valence-electron chi connectivity index (χ0n) is 27.2. The van der Waals surface area contributed by atoms with Crippen LogP contribution in [0.1, 0.15) is 80.5 Å². The van der Waals surface area contributed by atoms with Crippen LogP contribution < -0.4 is 20.3 Å². The van der Waals surface area contributed by atoms with Crippen molar-refractivity contribution in [3.63, 3.8) is 0 Å². The number of ether oxygens (including phenoxy) is 1. The summed E-state index contributed by atoms with van der Waals surface area (Å²) in [5.41, 5.74) is 4.95. The second-order valence-electron chi connectivity index (χ2n) is 13.3. The monoisotopic (exact) mass is 634 g/mol. The molecule has 1 aliphatic carbocycles. The van der Waals surface area contributed by atoms with Crippen LogP contribution in [0.2, 0.25) is 0 Å². The number of fused-ring (bicyclic) bond motifs is 2. The van der Waals surface area contributed by atoms with E-state index in [-0.39, 0.29) is 24.8 Å². The molecule has 2 atom stereocenters. The van der Waals surface area contributed by atoms with Crippen molar-refractivity contribution in [3.8, 4) is 11.4 Å². The van der Waals surface area contributed by atoms with Crippen molar-refractivity contribution in [2.75, 3.05) is 29.9 Å². The predicted molar refractivity (Wildman–Crippen MR) is 181 cm³/mol. The Labute approximate surface area is 274 Å². The number of carbonyl (C=O) groups is 1. The average molecular weight is 635 g/mol. The van der Waals surface area contributed by atoms with Crippen molar-refractivity contribution in [1.29, 1.82) is 0 Å². The minimum atomic E-state index is -0.575. The quantitative estimate of drug-likeness (QED) is 0.184. The Morgan fingerprint density at radius 3 is 2.51 bits per heavy atom. The number of aryl methyl sites for hydroxylation is 1. The van der Waals surface area contributed by atoms with Gasteiger partial charge in [-0.05, 0) is 74.4 Å². The number of aromatic nitrogens is 5. The number of benzene rings is 2. The maximum absolute atomic E-state index is 13.5. The highest BCUT2D eigenvalue weighted by atomic mass is 16.5. The molecule has 0 spiro atoms. The molecule has 47 heavy (non-hydrogen) atoms. The third-order valence-electron chi connectivity index (χ3n) is 9.33. The highest BCUT2D eigenvalue weighted by molar-refractivity contribution is 5.89. The summed E-state index contributed by atoms with van der Waals surface area (Å²) in [5.74, 6) is 2.15. The number of hydrogen-bond donors (Lipinski definition) is 3. The van der Waals surface area contributed by atoms with Crippen LogP contribution in [0.5, 0.6) is 5.75 Å². The van der Waals surface area contributed by atoms with Crippen molar-refractivity contribution in [2.24, 2.45) is 0 Å². The summed E-state index contributed by atoms with van der Waals surface area (Å²) in [4.78, 5) is 15.8. The van der Waals surface area contributed by atoms with E-state index in [1.807, 2.05) is 86.0 Å². The van der Waals surface area contributed by atoms with Crippen LogP contribution in [-0.2, 0) is 5.41 Å². The van der Waals surface area contributed by atoms with Crippen LogP contribution in [0.3, 0.4) is 0 Å². The molecule has 5 aromatic rings. The molecule has 2 amide bonds. The van der Waals surface area contributed by atoms with Gasteiger partial charge in [0.05, 0.1) is 30.2 Å². The average Bonchev–Trinajstić information content (AvgIpc) is 3.71. The number of aliphatic hydroxyl groups is 1. The molecule has 0 bridgehead atoms. The van der Waals surface area contributed by atoms with E-state index in [4.69, 9.17) is 9.84 Å². The molecule has 11 heteroatoms. The molecule has 1 fully saturated rings. The van der Waals surface area contributed by atoms with Crippen LogP contribution in [0.4, 0.5) is 16.6 Å². The van der Waals surface area contributed by atoms with Gasteiger partial charge in [-0.2, -0.15) is 5.10 Å². The number of aliphatic hydroxyl groups excluding tert-OH is 1. The summed E-state index contributed by atoms with van der Waals surface area (Å²) in [6, 6.07) is 21.3. The highest BCUT2D eigenvalue weighted by Gasteiger charge is 2.31. The van der Waals surface area contributed by atoms with Crippen molar-refractivity contribution in [1.82, 2.24) is 29.7 Å². The molecular weight excluding hydrogens is 592 g/mol.